The lowest BCUT2D eigenvalue weighted by atomic mass is 9.80. The van der Waals surface area contributed by atoms with Crippen LogP contribution >= 0.6 is 11.3 Å². The van der Waals surface area contributed by atoms with E-state index in [2.05, 4.69) is 18.7 Å². The Hall–Kier alpha value is -3.72. The third-order valence-corrected chi connectivity index (χ3v) is 8.06. The summed E-state index contributed by atoms with van der Waals surface area (Å²) in [6, 6.07) is 17.7. The minimum absolute atomic E-state index is 0.0188. The minimum Gasteiger partial charge on any atom is -0.368 e. The van der Waals surface area contributed by atoms with Gasteiger partial charge in [0, 0.05) is 61.0 Å². The second-order valence-electron chi connectivity index (χ2n) is 9.96. The fraction of sp³-hybridized carbons (Fsp3) is 0.357. The smallest absolute Gasteiger partial charge is 0.269 e. The first-order valence-corrected chi connectivity index (χ1v) is 13.4. The number of nitrogens with zero attached hydrogens (tertiary/aromatic N) is 4. The zero-order valence-electron chi connectivity index (χ0n) is 20.9. The van der Waals surface area contributed by atoms with Crippen LogP contribution in [0, 0.1) is 16.0 Å². The van der Waals surface area contributed by atoms with Gasteiger partial charge in [0.2, 0.25) is 5.91 Å². The summed E-state index contributed by atoms with van der Waals surface area (Å²) in [5.41, 5.74) is 2.38. The lowest BCUT2D eigenvalue weighted by molar-refractivity contribution is -0.384. The van der Waals surface area contributed by atoms with Gasteiger partial charge in [-0.3, -0.25) is 19.7 Å². The highest BCUT2D eigenvalue weighted by Gasteiger charge is 2.46. The average Bonchev–Trinajstić information content (AvgIpc) is 3.44. The first-order valence-electron chi connectivity index (χ1n) is 12.6. The zero-order chi connectivity index (χ0) is 26.1. The molecule has 0 radical (unpaired) electrons. The number of hydrogen-bond acceptors (Lipinski definition) is 6. The van der Waals surface area contributed by atoms with Crippen LogP contribution in [0.25, 0.3) is 0 Å². The van der Waals surface area contributed by atoms with Crippen molar-refractivity contribution in [2.75, 3.05) is 37.6 Å². The van der Waals surface area contributed by atoms with Crippen molar-refractivity contribution >= 4 is 34.5 Å². The van der Waals surface area contributed by atoms with Crippen molar-refractivity contribution in [1.29, 1.82) is 0 Å². The van der Waals surface area contributed by atoms with Gasteiger partial charge >= 0.3 is 0 Å². The Kier molecular flexibility index (Phi) is 6.97. The molecule has 3 aromatic rings. The van der Waals surface area contributed by atoms with Gasteiger partial charge in [-0.2, -0.15) is 0 Å². The molecule has 0 unspecified atom stereocenters. The second kappa shape index (κ2) is 10.3. The monoisotopic (exact) mass is 518 g/mol. The minimum atomic E-state index is -0.475. The Bertz CT molecular complexity index is 1280. The normalized spacial score (nSPS) is 19.8. The quantitative estimate of drug-likeness (QED) is 0.341. The molecule has 1 fully saturated rings. The number of nitro groups is 1. The zero-order valence-corrected chi connectivity index (χ0v) is 21.8. The number of carbonyl (C=O) groups excluding carboxylic acids is 2. The summed E-state index contributed by atoms with van der Waals surface area (Å²) in [7, 11) is 0. The van der Waals surface area contributed by atoms with Gasteiger partial charge in [0.15, 0.2) is 0 Å². The molecule has 2 aromatic carbocycles. The maximum absolute atomic E-state index is 14.2. The third-order valence-electron chi connectivity index (χ3n) is 7.12. The average molecular weight is 519 g/mol. The summed E-state index contributed by atoms with van der Waals surface area (Å²) >= 11 is 1.58. The van der Waals surface area contributed by atoms with Crippen molar-refractivity contribution in [3.63, 3.8) is 0 Å². The van der Waals surface area contributed by atoms with Crippen LogP contribution in [0.1, 0.15) is 46.6 Å². The molecule has 5 rings (SSSR count). The number of anilines is 1. The number of rotatable bonds is 6. The van der Waals surface area contributed by atoms with Crippen LogP contribution in [0.15, 0.2) is 66.0 Å². The van der Waals surface area contributed by atoms with Crippen molar-refractivity contribution < 1.29 is 14.5 Å². The van der Waals surface area contributed by atoms with Crippen LogP contribution < -0.4 is 4.90 Å². The van der Waals surface area contributed by atoms with Crippen LogP contribution in [0.4, 0.5) is 11.4 Å². The van der Waals surface area contributed by atoms with E-state index in [9.17, 15) is 19.7 Å². The number of hydrogen-bond donors (Lipinski definition) is 0. The molecule has 0 bridgehead atoms. The van der Waals surface area contributed by atoms with Crippen LogP contribution in [0.3, 0.4) is 0 Å². The van der Waals surface area contributed by atoms with Gasteiger partial charge in [-0.1, -0.05) is 38.1 Å². The molecule has 9 heteroatoms. The first-order chi connectivity index (χ1) is 17.8. The molecule has 37 heavy (non-hydrogen) atoms. The fourth-order valence-corrected chi connectivity index (χ4v) is 6.27. The number of piperazine rings is 1. The highest BCUT2D eigenvalue weighted by atomic mass is 32.1. The first kappa shape index (κ1) is 25.0. The van der Waals surface area contributed by atoms with Crippen LogP contribution in [-0.4, -0.2) is 59.3 Å². The van der Waals surface area contributed by atoms with Crippen molar-refractivity contribution in [1.82, 2.24) is 9.80 Å². The fourth-order valence-electron chi connectivity index (χ4n) is 5.40. The summed E-state index contributed by atoms with van der Waals surface area (Å²) in [6.07, 6.45) is 0. The van der Waals surface area contributed by atoms with Gasteiger partial charge in [0.25, 0.3) is 11.6 Å². The molecule has 0 aliphatic carbocycles. The maximum atomic E-state index is 14.2. The van der Waals surface area contributed by atoms with Crippen LogP contribution in [0.2, 0.25) is 0 Å². The van der Waals surface area contributed by atoms with Crippen LogP contribution in [0.5, 0.6) is 0 Å². The summed E-state index contributed by atoms with van der Waals surface area (Å²) in [5, 5.41) is 13.0. The SMILES string of the molecule is CC(C)CN1C(=O)c2ccccc2[C@H](C(=O)N2CCN(c3ccc([N+](=O)[O-])cc3)CC2)[C@@H]1c1cccs1. The number of benzene rings is 2. The molecule has 3 heterocycles. The van der Waals surface area contributed by atoms with E-state index >= 15 is 0 Å². The summed E-state index contributed by atoms with van der Waals surface area (Å²) in [6.45, 7) is 7.12. The molecule has 2 amide bonds. The number of amides is 2. The molecule has 0 saturated carbocycles. The topological polar surface area (TPSA) is 87.0 Å². The summed E-state index contributed by atoms with van der Waals surface area (Å²) in [4.78, 5) is 45.4. The third kappa shape index (κ3) is 4.83. The molecular formula is C28H30N4O4S. The largest absolute Gasteiger partial charge is 0.368 e. The van der Waals surface area contributed by atoms with E-state index in [-0.39, 0.29) is 29.5 Å². The molecular weight excluding hydrogens is 488 g/mol. The van der Waals surface area contributed by atoms with Crippen LogP contribution in [-0.2, 0) is 4.79 Å². The number of nitro benzene ring substituents is 1. The molecule has 2 aliphatic rings. The van der Waals surface area contributed by atoms with Crippen molar-refractivity contribution in [2.45, 2.75) is 25.8 Å². The van der Waals surface area contributed by atoms with E-state index in [0.717, 1.165) is 16.1 Å². The highest BCUT2D eigenvalue weighted by Crippen LogP contribution is 2.45. The van der Waals surface area contributed by atoms with Gasteiger partial charge in [0.05, 0.1) is 16.9 Å². The molecule has 2 aliphatic heterocycles. The van der Waals surface area contributed by atoms with E-state index in [4.69, 9.17) is 0 Å². The number of fused-ring (bicyclic) bond motifs is 1. The number of thiophene rings is 1. The van der Waals surface area contributed by atoms with Gasteiger partial charge in [-0.15, -0.1) is 11.3 Å². The highest BCUT2D eigenvalue weighted by molar-refractivity contribution is 7.10. The van der Waals surface area contributed by atoms with Gasteiger partial charge in [-0.25, -0.2) is 0 Å². The van der Waals surface area contributed by atoms with E-state index in [1.54, 1.807) is 23.5 Å². The number of carbonyl (C=O) groups is 2. The lowest BCUT2D eigenvalue weighted by Crippen LogP contribution is -2.53. The van der Waals surface area contributed by atoms with Gasteiger partial charge < -0.3 is 14.7 Å². The van der Waals surface area contributed by atoms with Crippen molar-refractivity contribution in [3.05, 3.63) is 92.2 Å². The maximum Gasteiger partial charge on any atom is 0.269 e. The van der Waals surface area contributed by atoms with Gasteiger partial charge in [-0.05, 0) is 41.1 Å². The molecule has 8 nitrogen and oxygen atoms in total. The molecule has 0 N–H and O–H groups in total. The van der Waals surface area contributed by atoms with E-state index < -0.39 is 10.8 Å². The van der Waals surface area contributed by atoms with Crippen molar-refractivity contribution in [3.8, 4) is 0 Å². The standard InChI is InChI=1S/C28H30N4O4S/c1-19(2)18-31-26(24-8-5-17-37-24)25(22-6-3-4-7-23(22)27(31)33)28(34)30-15-13-29(14-16-30)20-9-11-21(12-10-20)32(35)36/h3-12,17,19,25-26H,13-16,18H2,1-2H3/t25-,26-/m0/s1. The molecule has 192 valence electrons. The Morgan fingerprint density at radius 3 is 2.35 bits per heavy atom. The van der Waals surface area contributed by atoms with E-state index in [1.807, 2.05) is 51.6 Å². The number of non-ortho nitro benzene ring substituents is 1. The molecule has 1 saturated heterocycles. The predicted molar refractivity (Wildman–Crippen MR) is 144 cm³/mol. The Balaban J connectivity index is 1.43. The lowest BCUT2D eigenvalue weighted by Gasteiger charge is -2.44. The Morgan fingerprint density at radius 1 is 1.03 bits per heavy atom. The second-order valence-corrected chi connectivity index (χ2v) is 10.9. The summed E-state index contributed by atoms with van der Waals surface area (Å²) < 4.78 is 0. The summed E-state index contributed by atoms with van der Waals surface area (Å²) in [5.74, 6) is -0.194. The molecule has 0 spiro atoms. The van der Waals surface area contributed by atoms with E-state index in [0.29, 0.717) is 38.3 Å². The molecule has 1 aromatic heterocycles. The Morgan fingerprint density at radius 2 is 1.73 bits per heavy atom. The van der Waals surface area contributed by atoms with Gasteiger partial charge in [0.1, 0.15) is 0 Å². The van der Waals surface area contributed by atoms with E-state index in [1.165, 1.54) is 12.1 Å². The Labute approximate surface area is 220 Å². The predicted octanol–water partition coefficient (Wildman–Crippen LogP) is 4.94. The molecule has 2 atom stereocenters. The van der Waals surface area contributed by atoms with Crippen molar-refractivity contribution in [2.24, 2.45) is 5.92 Å².